The van der Waals surface area contributed by atoms with Gasteiger partial charge in [0, 0.05) is 12.1 Å². The van der Waals surface area contributed by atoms with E-state index in [4.69, 9.17) is 5.14 Å². The predicted octanol–water partition coefficient (Wildman–Crippen LogP) is -0.105. The SMILES string of the molecule is NS(=O)(=O)c1ccc(C[NH2+]CC(=O)NCCc2ccc(F)cc2)cc1. The van der Waals surface area contributed by atoms with E-state index in [2.05, 4.69) is 5.32 Å². The molecule has 0 atom stereocenters. The standard InChI is InChI=1S/C17H20FN3O3S/c18-15-5-1-13(2-6-15)9-10-21-17(22)12-20-11-14-3-7-16(8-4-14)25(19,23)24/h1-8,20H,9-12H2,(H,21,22)(H2,19,23,24)/p+1. The number of hydrogen-bond acceptors (Lipinski definition) is 3. The minimum absolute atomic E-state index is 0.0646. The van der Waals surface area contributed by atoms with Gasteiger partial charge in [0.15, 0.2) is 6.54 Å². The van der Waals surface area contributed by atoms with Gasteiger partial charge in [-0.3, -0.25) is 4.79 Å². The molecule has 0 fully saturated rings. The summed E-state index contributed by atoms with van der Waals surface area (Å²) < 4.78 is 35.1. The Kier molecular flexibility index (Phi) is 6.63. The number of nitrogens with one attached hydrogen (secondary N) is 1. The van der Waals surface area contributed by atoms with E-state index in [1.54, 1.807) is 24.3 Å². The summed E-state index contributed by atoms with van der Waals surface area (Å²) >= 11 is 0. The van der Waals surface area contributed by atoms with Crippen molar-refractivity contribution in [3.63, 3.8) is 0 Å². The molecule has 6 nitrogen and oxygen atoms in total. The largest absolute Gasteiger partial charge is 0.351 e. The number of carbonyl (C=O) groups is 1. The maximum atomic E-state index is 12.8. The Hall–Kier alpha value is -2.29. The second-order valence-electron chi connectivity index (χ2n) is 5.61. The smallest absolute Gasteiger partial charge is 0.275 e. The Labute approximate surface area is 146 Å². The molecule has 0 saturated heterocycles. The maximum Gasteiger partial charge on any atom is 0.275 e. The van der Waals surface area contributed by atoms with Crippen LogP contribution in [-0.4, -0.2) is 27.4 Å². The first-order chi connectivity index (χ1) is 11.8. The second kappa shape index (κ2) is 8.70. The number of sulfonamides is 1. The van der Waals surface area contributed by atoms with Gasteiger partial charge < -0.3 is 10.6 Å². The van der Waals surface area contributed by atoms with E-state index in [-0.39, 0.29) is 23.2 Å². The van der Waals surface area contributed by atoms with Crippen LogP contribution in [0.2, 0.25) is 0 Å². The van der Waals surface area contributed by atoms with Gasteiger partial charge in [0.25, 0.3) is 5.91 Å². The van der Waals surface area contributed by atoms with Gasteiger partial charge >= 0.3 is 0 Å². The van der Waals surface area contributed by atoms with Crippen LogP contribution in [0.4, 0.5) is 4.39 Å². The molecule has 0 heterocycles. The number of primary sulfonamides is 1. The lowest BCUT2D eigenvalue weighted by Gasteiger charge is -2.06. The van der Waals surface area contributed by atoms with Crippen LogP contribution in [0.25, 0.3) is 0 Å². The first-order valence-corrected chi connectivity index (χ1v) is 9.34. The molecular formula is C17H21FN3O3S+. The molecular weight excluding hydrogens is 345 g/mol. The molecule has 0 aliphatic heterocycles. The average Bonchev–Trinajstić information content (AvgIpc) is 2.56. The zero-order valence-electron chi connectivity index (χ0n) is 13.6. The zero-order valence-corrected chi connectivity index (χ0v) is 14.4. The summed E-state index contributed by atoms with van der Waals surface area (Å²) in [5, 5.41) is 9.66. The number of carbonyl (C=O) groups excluding carboxylic acids is 1. The second-order valence-corrected chi connectivity index (χ2v) is 7.17. The molecule has 1 amide bonds. The molecule has 2 aromatic carbocycles. The number of quaternary nitrogens is 1. The van der Waals surface area contributed by atoms with Gasteiger partial charge in [0.2, 0.25) is 10.0 Å². The molecule has 2 aromatic rings. The molecule has 0 aliphatic carbocycles. The molecule has 0 aliphatic rings. The normalized spacial score (nSPS) is 11.3. The Bertz CT molecular complexity index is 806. The number of benzene rings is 2. The Morgan fingerprint density at radius 3 is 2.24 bits per heavy atom. The fourth-order valence-corrected chi connectivity index (χ4v) is 2.77. The summed E-state index contributed by atoms with van der Waals surface area (Å²) in [5.74, 6) is -0.372. The van der Waals surface area contributed by atoms with Crippen LogP contribution in [0.1, 0.15) is 11.1 Å². The summed E-state index contributed by atoms with van der Waals surface area (Å²) in [4.78, 5) is 11.8. The summed E-state index contributed by atoms with van der Waals surface area (Å²) in [6, 6.07) is 12.4. The number of amides is 1. The molecule has 134 valence electrons. The van der Waals surface area contributed by atoms with E-state index in [1.807, 2.05) is 5.32 Å². The van der Waals surface area contributed by atoms with Crippen molar-refractivity contribution in [2.75, 3.05) is 13.1 Å². The number of halogens is 1. The fourth-order valence-electron chi connectivity index (χ4n) is 2.25. The van der Waals surface area contributed by atoms with Crippen molar-refractivity contribution in [2.45, 2.75) is 17.9 Å². The van der Waals surface area contributed by atoms with E-state index in [0.717, 1.165) is 11.1 Å². The fraction of sp³-hybridized carbons (Fsp3) is 0.235. The van der Waals surface area contributed by atoms with Crippen molar-refractivity contribution in [3.05, 3.63) is 65.5 Å². The summed E-state index contributed by atoms with van der Waals surface area (Å²) in [6.45, 7) is 1.30. The molecule has 0 saturated carbocycles. The summed E-state index contributed by atoms with van der Waals surface area (Å²) in [5.41, 5.74) is 1.85. The molecule has 0 unspecified atom stereocenters. The van der Waals surface area contributed by atoms with Crippen LogP contribution < -0.4 is 15.8 Å². The van der Waals surface area contributed by atoms with E-state index < -0.39 is 10.0 Å². The molecule has 8 heteroatoms. The lowest BCUT2D eigenvalue weighted by atomic mass is 10.1. The van der Waals surface area contributed by atoms with E-state index in [9.17, 15) is 17.6 Å². The van der Waals surface area contributed by atoms with Crippen molar-refractivity contribution in [1.82, 2.24) is 5.32 Å². The van der Waals surface area contributed by atoms with Gasteiger partial charge in [-0.1, -0.05) is 24.3 Å². The van der Waals surface area contributed by atoms with Crippen molar-refractivity contribution >= 4 is 15.9 Å². The van der Waals surface area contributed by atoms with Gasteiger partial charge in [-0.2, -0.15) is 0 Å². The third-order valence-electron chi connectivity index (χ3n) is 3.61. The average molecular weight is 366 g/mol. The van der Waals surface area contributed by atoms with Crippen LogP contribution in [0.3, 0.4) is 0 Å². The third-order valence-corrected chi connectivity index (χ3v) is 4.54. The first kappa shape index (κ1) is 19.0. The molecule has 0 radical (unpaired) electrons. The predicted molar refractivity (Wildman–Crippen MR) is 91.4 cm³/mol. The highest BCUT2D eigenvalue weighted by molar-refractivity contribution is 7.89. The Morgan fingerprint density at radius 2 is 1.64 bits per heavy atom. The Balaban J connectivity index is 1.67. The molecule has 2 rings (SSSR count). The van der Waals surface area contributed by atoms with Crippen molar-refractivity contribution in [2.24, 2.45) is 5.14 Å². The van der Waals surface area contributed by atoms with E-state index in [1.165, 1.54) is 24.3 Å². The lowest BCUT2D eigenvalue weighted by molar-refractivity contribution is -0.660. The highest BCUT2D eigenvalue weighted by atomic mass is 32.2. The van der Waals surface area contributed by atoms with Crippen LogP contribution >= 0.6 is 0 Å². The van der Waals surface area contributed by atoms with Crippen molar-refractivity contribution in [1.29, 1.82) is 0 Å². The van der Waals surface area contributed by atoms with Crippen LogP contribution in [-0.2, 0) is 27.8 Å². The minimum atomic E-state index is -3.68. The zero-order chi connectivity index (χ0) is 18.3. The van der Waals surface area contributed by atoms with Gasteiger partial charge in [-0.05, 0) is 36.2 Å². The first-order valence-electron chi connectivity index (χ1n) is 7.79. The quantitative estimate of drug-likeness (QED) is 0.607. The van der Waals surface area contributed by atoms with Gasteiger partial charge in [0.1, 0.15) is 12.4 Å². The van der Waals surface area contributed by atoms with Crippen LogP contribution in [0, 0.1) is 5.82 Å². The van der Waals surface area contributed by atoms with Crippen molar-refractivity contribution in [3.8, 4) is 0 Å². The highest BCUT2D eigenvalue weighted by Gasteiger charge is 2.08. The topological polar surface area (TPSA) is 106 Å². The van der Waals surface area contributed by atoms with E-state index >= 15 is 0 Å². The molecule has 25 heavy (non-hydrogen) atoms. The van der Waals surface area contributed by atoms with Gasteiger partial charge in [0.05, 0.1) is 4.90 Å². The minimum Gasteiger partial charge on any atom is -0.351 e. The van der Waals surface area contributed by atoms with Crippen molar-refractivity contribution < 1.29 is 22.9 Å². The van der Waals surface area contributed by atoms with Crippen LogP contribution in [0.5, 0.6) is 0 Å². The molecule has 0 bridgehead atoms. The van der Waals surface area contributed by atoms with Gasteiger partial charge in [-0.25, -0.2) is 17.9 Å². The molecule has 0 spiro atoms. The molecule has 0 aromatic heterocycles. The summed E-state index contributed by atoms with van der Waals surface area (Å²) in [6.07, 6.45) is 0.640. The maximum absolute atomic E-state index is 12.8. The molecule has 5 N–H and O–H groups in total. The Morgan fingerprint density at radius 1 is 1.04 bits per heavy atom. The number of rotatable bonds is 8. The highest BCUT2D eigenvalue weighted by Crippen LogP contribution is 2.07. The summed E-state index contributed by atoms with van der Waals surface area (Å²) in [7, 11) is -3.68. The van der Waals surface area contributed by atoms with Gasteiger partial charge in [-0.15, -0.1) is 0 Å². The van der Waals surface area contributed by atoms with E-state index in [0.29, 0.717) is 19.5 Å². The monoisotopic (exact) mass is 366 g/mol. The number of hydrogen-bond donors (Lipinski definition) is 3. The number of nitrogens with two attached hydrogens (primary N) is 2. The lowest BCUT2D eigenvalue weighted by Crippen LogP contribution is -2.85. The van der Waals surface area contributed by atoms with Crippen LogP contribution in [0.15, 0.2) is 53.4 Å². The third kappa shape index (κ3) is 6.61.